The van der Waals surface area contributed by atoms with Crippen LogP contribution in [0.2, 0.25) is 0 Å². The highest BCUT2D eigenvalue weighted by Crippen LogP contribution is 2.70. The lowest BCUT2D eigenvalue weighted by atomic mass is 9.65. The van der Waals surface area contributed by atoms with Crippen molar-refractivity contribution in [2.24, 2.45) is 16.2 Å². The lowest BCUT2D eigenvalue weighted by molar-refractivity contribution is -0.151. The zero-order chi connectivity index (χ0) is 17.8. The van der Waals surface area contributed by atoms with E-state index in [1.807, 2.05) is 20.8 Å². The fraction of sp³-hybridized carbons (Fsp3) is 0.526. The van der Waals surface area contributed by atoms with Crippen LogP contribution in [0.5, 0.6) is 5.75 Å². The number of hydrogen-bond acceptors (Lipinski definition) is 5. The fourth-order valence-electron chi connectivity index (χ4n) is 4.29. The SMILES string of the molecule is COC(=O)c1ccc(OC(=O)[C@@]23CC[C@@](C)(C(=O)C2)C3(C)C)cc1. The summed E-state index contributed by atoms with van der Waals surface area (Å²) in [5.41, 5.74) is -1.26. The van der Waals surface area contributed by atoms with Crippen molar-refractivity contribution in [3.8, 4) is 5.75 Å². The first kappa shape index (κ1) is 16.7. The number of Topliss-reactive ketones (excluding diaryl/α,β-unsaturated/α-hetero) is 1. The Morgan fingerprint density at radius 1 is 1.04 bits per heavy atom. The van der Waals surface area contributed by atoms with Gasteiger partial charge in [-0.25, -0.2) is 4.79 Å². The summed E-state index contributed by atoms with van der Waals surface area (Å²) < 4.78 is 10.2. The highest BCUT2D eigenvalue weighted by Gasteiger charge is 2.73. The molecule has 1 aromatic carbocycles. The molecule has 128 valence electrons. The monoisotopic (exact) mass is 330 g/mol. The van der Waals surface area contributed by atoms with Crippen LogP contribution in [-0.4, -0.2) is 24.8 Å². The van der Waals surface area contributed by atoms with Gasteiger partial charge in [-0.15, -0.1) is 0 Å². The first-order valence-electron chi connectivity index (χ1n) is 8.12. The Labute approximate surface area is 141 Å². The zero-order valence-electron chi connectivity index (χ0n) is 14.5. The molecule has 0 radical (unpaired) electrons. The summed E-state index contributed by atoms with van der Waals surface area (Å²) in [4.78, 5) is 36.8. The van der Waals surface area contributed by atoms with Gasteiger partial charge in [0.25, 0.3) is 0 Å². The van der Waals surface area contributed by atoms with Crippen LogP contribution in [0.15, 0.2) is 24.3 Å². The first-order chi connectivity index (χ1) is 11.2. The first-order valence-corrected chi connectivity index (χ1v) is 8.12. The van der Waals surface area contributed by atoms with E-state index in [9.17, 15) is 14.4 Å². The summed E-state index contributed by atoms with van der Waals surface area (Å²) in [6, 6.07) is 6.24. The summed E-state index contributed by atoms with van der Waals surface area (Å²) in [5.74, 6) is -0.282. The Bertz CT molecular complexity index is 718. The highest BCUT2D eigenvalue weighted by atomic mass is 16.5. The average Bonchev–Trinajstić information content (AvgIpc) is 2.85. The van der Waals surface area contributed by atoms with E-state index < -0.39 is 22.2 Å². The molecular weight excluding hydrogens is 308 g/mol. The topological polar surface area (TPSA) is 69.7 Å². The molecule has 3 rings (SSSR count). The molecular formula is C19H22O5. The Hall–Kier alpha value is -2.17. The molecule has 0 saturated heterocycles. The van der Waals surface area contributed by atoms with E-state index in [0.29, 0.717) is 17.7 Å². The molecule has 0 aliphatic heterocycles. The number of benzene rings is 1. The lowest BCUT2D eigenvalue weighted by Gasteiger charge is -2.37. The molecule has 2 bridgehead atoms. The van der Waals surface area contributed by atoms with Gasteiger partial charge in [0.2, 0.25) is 0 Å². The zero-order valence-corrected chi connectivity index (χ0v) is 14.5. The molecule has 5 heteroatoms. The third-order valence-electron chi connectivity index (χ3n) is 6.58. The molecule has 24 heavy (non-hydrogen) atoms. The second kappa shape index (κ2) is 5.16. The molecule has 0 N–H and O–H groups in total. The van der Waals surface area contributed by atoms with Crippen LogP contribution in [0, 0.1) is 16.2 Å². The van der Waals surface area contributed by atoms with E-state index >= 15 is 0 Å². The molecule has 2 aliphatic carbocycles. The highest BCUT2D eigenvalue weighted by molar-refractivity contribution is 5.98. The number of carbonyl (C=O) groups is 3. The number of esters is 2. The standard InChI is InChI=1S/C19H22O5/c1-17(2)18(3)9-10-19(17,11-14(18)20)16(22)24-13-7-5-12(6-8-13)15(21)23-4/h5-8H,9-11H2,1-4H3/t18-,19+/m0/s1. The average molecular weight is 330 g/mol. The normalized spacial score (nSPS) is 30.2. The predicted octanol–water partition coefficient (Wildman–Crippen LogP) is 3.16. The second-order valence-corrected chi connectivity index (χ2v) is 7.54. The van der Waals surface area contributed by atoms with Crippen molar-refractivity contribution in [3.05, 3.63) is 29.8 Å². The van der Waals surface area contributed by atoms with E-state index in [1.54, 1.807) is 24.3 Å². The number of methoxy groups -OCH3 is 1. The molecule has 0 unspecified atom stereocenters. The number of hydrogen-bond donors (Lipinski definition) is 0. The molecule has 2 saturated carbocycles. The Kier molecular flexibility index (Phi) is 3.59. The quantitative estimate of drug-likeness (QED) is 0.629. The van der Waals surface area contributed by atoms with Crippen LogP contribution in [0.1, 0.15) is 50.4 Å². The summed E-state index contributed by atoms with van der Waals surface area (Å²) in [6.45, 7) is 5.95. The van der Waals surface area contributed by atoms with Crippen LogP contribution in [0.3, 0.4) is 0 Å². The van der Waals surface area contributed by atoms with Gasteiger partial charge in [0.15, 0.2) is 0 Å². The van der Waals surface area contributed by atoms with Crippen LogP contribution in [0.4, 0.5) is 0 Å². The van der Waals surface area contributed by atoms with Crippen LogP contribution in [-0.2, 0) is 14.3 Å². The third kappa shape index (κ3) is 1.96. The van der Waals surface area contributed by atoms with E-state index in [2.05, 4.69) is 4.74 Å². The van der Waals surface area contributed by atoms with Gasteiger partial charge in [-0.3, -0.25) is 9.59 Å². The molecule has 2 fully saturated rings. The number of fused-ring (bicyclic) bond motifs is 2. The van der Waals surface area contributed by atoms with Crippen LogP contribution < -0.4 is 4.74 Å². The van der Waals surface area contributed by atoms with Gasteiger partial charge in [0.1, 0.15) is 11.5 Å². The molecule has 0 aromatic heterocycles. The third-order valence-corrected chi connectivity index (χ3v) is 6.58. The fourth-order valence-corrected chi connectivity index (χ4v) is 4.29. The summed E-state index contributed by atoms with van der Waals surface area (Å²) in [7, 11) is 1.31. The van der Waals surface area contributed by atoms with Crippen molar-refractivity contribution in [2.45, 2.75) is 40.0 Å². The second-order valence-electron chi connectivity index (χ2n) is 7.54. The molecule has 1 aromatic rings. The minimum absolute atomic E-state index is 0.150. The van der Waals surface area contributed by atoms with Gasteiger partial charge in [-0.05, 0) is 42.5 Å². The van der Waals surface area contributed by atoms with Gasteiger partial charge in [-0.2, -0.15) is 0 Å². The van der Waals surface area contributed by atoms with E-state index in [-0.39, 0.29) is 18.2 Å². The number of ether oxygens (including phenoxy) is 2. The van der Waals surface area contributed by atoms with E-state index in [1.165, 1.54) is 7.11 Å². The Balaban J connectivity index is 1.83. The van der Waals surface area contributed by atoms with Gasteiger partial charge in [-0.1, -0.05) is 20.8 Å². The summed E-state index contributed by atoms with van der Waals surface area (Å²) in [5, 5.41) is 0. The smallest absolute Gasteiger partial charge is 0.337 e. The van der Waals surface area contributed by atoms with Gasteiger partial charge < -0.3 is 9.47 Å². The van der Waals surface area contributed by atoms with Gasteiger partial charge in [0.05, 0.1) is 18.1 Å². The predicted molar refractivity (Wildman–Crippen MR) is 86.6 cm³/mol. The molecule has 2 aliphatic rings. The maximum absolute atomic E-state index is 12.9. The number of carbonyl (C=O) groups excluding carboxylic acids is 3. The maximum atomic E-state index is 12.9. The molecule has 0 amide bonds. The van der Waals surface area contributed by atoms with E-state index in [0.717, 1.165) is 6.42 Å². The molecule has 5 nitrogen and oxygen atoms in total. The van der Waals surface area contributed by atoms with Crippen LogP contribution in [0.25, 0.3) is 0 Å². The van der Waals surface area contributed by atoms with E-state index in [4.69, 9.17) is 4.74 Å². The van der Waals surface area contributed by atoms with Crippen molar-refractivity contribution in [3.63, 3.8) is 0 Å². The summed E-state index contributed by atoms with van der Waals surface area (Å²) >= 11 is 0. The number of rotatable bonds is 3. The molecule has 2 atom stereocenters. The maximum Gasteiger partial charge on any atom is 0.337 e. The largest absolute Gasteiger partial charge is 0.465 e. The molecule has 0 heterocycles. The Morgan fingerprint density at radius 2 is 1.67 bits per heavy atom. The van der Waals surface area contributed by atoms with Gasteiger partial charge in [0, 0.05) is 11.8 Å². The van der Waals surface area contributed by atoms with Crippen molar-refractivity contribution in [2.75, 3.05) is 7.11 Å². The lowest BCUT2D eigenvalue weighted by Crippen LogP contribution is -2.42. The van der Waals surface area contributed by atoms with Crippen LogP contribution >= 0.6 is 0 Å². The number of ketones is 1. The van der Waals surface area contributed by atoms with Crippen molar-refractivity contribution >= 4 is 17.7 Å². The van der Waals surface area contributed by atoms with Crippen molar-refractivity contribution in [1.82, 2.24) is 0 Å². The van der Waals surface area contributed by atoms with Gasteiger partial charge >= 0.3 is 11.9 Å². The minimum atomic E-state index is -0.764. The minimum Gasteiger partial charge on any atom is -0.465 e. The molecule has 0 spiro atoms. The Morgan fingerprint density at radius 3 is 2.12 bits per heavy atom. The van der Waals surface area contributed by atoms with Crippen molar-refractivity contribution < 1.29 is 23.9 Å². The van der Waals surface area contributed by atoms with Crippen molar-refractivity contribution in [1.29, 1.82) is 0 Å². The summed E-state index contributed by atoms with van der Waals surface area (Å²) in [6.07, 6.45) is 1.63.